The van der Waals surface area contributed by atoms with Crippen LogP contribution in [0.2, 0.25) is 0 Å². The molecule has 0 aliphatic carbocycles. The van der Waals surface area contributed by atoms with Crippen molar-refractivity contribution < 1.29 is 0 Å². The lowest BCUT2D eigenvalue weighted by atomic mass is 10.2. The van der Waals surface area contributed by atoms with Crippen molar-refractivity contribution in [2.75, 3.05) is 19.8 Å². The normalized spacial score (nSPS) is 11.6. The van der Waals surface area contributed by atoms with Crippen molar-refractivity contribution >= 4 is 17.7 Å². The number of rotatable bonds is 4. The highest BCUT2D eigenvalue weighted by molar-refractivity contribution is 7.98. The maximum absolute atomic E-state index is 5.80. The number of aliphatic imine (C=N–C) groups is 1. The van der Waals surface area contributed by atoms with E-state index >= 15 is 0 Å². The van der Waals surface area contributed by atoms with E-state index < -0.39 is 0 Å². The van der Waals surface area contributed by atoms with E-state index in [0.29, 0.717) is 5.96 Å². The van der Waals surface area contributed by atoms with E-state index in [-0.39, 0.29) is 0 Å². The Bertz CT molecular complexity index is 346. The molecular weight excluding hydrogens is 218 g/mol. The fraction of sp³-hybridized carbons (Fsp3) is 0.417. The Hall–Kier alpha value is -1.16. The molecule has 0 fully saturated rings. The molecule has 16 heavy (non-hydrogen) atoms. The number of guanidine groups is 1. The molecule has 1 rings (SSSR count). The molecule has 1 aromatic rings. The minimum absolute atomic E-state index is 0.594. The molecule has 0 unspecified atom stereocenters. The summed E-state index contributed by atoms with van der Waals surface area (Å²) in [5, 5.41) is 0. The third-order valence-electron chi connectivity index (χ3n) is 2.29. The Balaban J connectivity index is 2.62. The summed E-state index contributed by atoms with van der Waals surface area (Å²) in [7, 11) is 1.96. The lowest BCUT2D eigenvalue weighted by Crippen LogP contribution is -2.33. The van der Waals surface area contributed by atoms with E-state index in [2.05, 4.69) is 35.5 Å². The molecular formula is C12H19N3S. The average molecular weight is 237 g/mol. The maximum Gasteiger partial charge on any atom is 0.191 e. The van der Waals surface area contributed by atoms with Gasteiger partial charge in [0, 0.05) is 25.0 Å². The Morgan fingerprint density at radius 3 is 2.50 bits per heavy atom. The molecule has 0 spiro atoms. The van der Waals surface area contributed by atoms with Gasteiger partial charge in [0.05, 0.1) is 0 Å². The second-order valence-electron chi connectivity index (χ2n) is 3.54. The van der Waals surface area contributed by atoms with Gasteiger partial charge < -0.3 is 10.6 Å². The van der Waals surface area contributed by atoms with Crippen molar-refractivity contribution in [1.82, 2.24) is 4.90 Å². The summed E-state index contributed by atoms with van der Waals surface area (Å²) < 4.78 is 0. The number of hydrogen-bond donors (Lipinski definition) is 1. The van der Waals surface area contributed by atoms with E-state index in [1.54, 1.807) is 11.8 Å². The molecule has 0 atom stereocenters. The summed E-state index contributed by atoms with van der Waals surface area (Å²) in [6, 6.07) is 8.51. The molecule has 0 aliphatic rings. The van der Waals surface area contributed by atoms with Gasteiger partial charge in [-0.2, -0.15) is 0 Å². The van der Waals surface area contributed by atoms with Crippen molar-refractivity contribution in [3.8, 4) is 0 Å². The predicted molar refractivity (Wildman–Crippen MR) is 71.9 cm³/mol. The first-order valence-electron chi connectivity index (χ1n) is 5.31. The molecule has 0 amide bonds. The highest BCUT2D eigenvalue weighted by atomic mass is 32.2. The van der Waals surface area contributed by atoms with Crippen LogP contribution in [0.5, 0.6) is 0 Å². The van der Waals surface area contributed by atoms with Gasteiger partial charge in [0.2, 0.25) is 0 Å². The molecule has 0 aliphatic heterocycles. The third kappa shape index (κ3) is 3.77. The largest absolute Gasteiger partial charge is 0.370 e. The van der Waals surface area contributed by atoms with Crippen LogP contribution >= 0.6 is 11.8 Å². The molecule has 0 radical (unpaired) electrons. The van der Waals surface area contributed by atoms with Gasteiger partial charge in [-0.15, -0.1) is 11.8 Å². The molecule has 88 valence electrons. The van der Waals surface area contributed by atoms with Crippen LogP contribution in [0.25, 0.3) is 0 Å². The van der Waals surface area contributed by atoms with Crippen molar-refractivity contribution in [2.24, 2.45) is 10.7 Å². The first kappa shape index (κ1) is 12.9. The summed E-state index contributed by atoms with van der Waals surface area (Å²) in [5.74, 6) is 0.594. The molecule has 0 bridgehead atoms. The Morgan fingerprint density at radius 1 is 1.38 bits per heavy atom. The highest BCUT2D eigenvalue weighted by Crippen LogP contribution is 2.15. The third-order valence-corrected chi connectivity index (χ3v) is 3.03. The number of thioether (sulfide) groups is 1. The first-order chi connectivity index (χ1) is 7.67. The van der Waals surface area contributed by atoms with E-state index in [1.165, 1.54) is 10.5 Å². The number of nitrogens with two attached hydrogens (primary N) is 1. The lowest BCUT2D eigenvalue weighted by Gasteiger charge is -2.18. The first-order valence-corrected chi connectivity index (χ1v) is 6.53. The van der Waals surface area contributed by atoms with Gasteiger partial charge in [-0.05, 0) is 30.9 Å². The van der Waals surface area contributed by atoms with Crippen LogP contribution in [-0.4, -0.2) is 30.7 Å². The van der Waals surface area contributed by atoms with E-state index in [1.807, 2.05) is 18.9 Å². The molecule has 1 aromatic carbocycles. The minimum Gasteiger partial charge on any atom is -0.370 e. The molecule has 0 aromatic heterocycles. The van der Waals surface area contributed by atoms with E-state index in [0.717, 1.165) is 13.1 Å². The zero-order chi connectivity index (χ0) is 12.0. The zero-order valence-corrected chi connectivity index (χ0v) is 10.9. The number of benzene rings is 1. The molecule has 2 N–H and O–H groups in total. The van der Waals surface area contributed by atoms with Gasteiger partial charge in [-0.3, -0.25) is 4.99 Å². The smallest absolute Gasteiger partial charge is 0.191 e. The Labute approximate surface area is 102 Å². The van der Waals surface area contributed by atoms with E-state index in [4.69, 9.17) is 5.73 Å². The summed E-state index contributed by atoms with van der Waals surface area (Å²) in [4.78, 5) is 7.41. The van der Waals surface area contributed by atoms with Gasteiger partial charge in [0.1, 0.15) is 0 Å². The molecule has 0 saturated heterocycles. The van der Waals surface area contributed by atoms with Gasteiger partial charge in [-0.25, -0.2) is 0 Å². The zero-order valence-electron chi connectivity index (χ0n) is 10.1. The van der Waals surface area contributed by atoms with Crippen LogP contribution in [-0.2, 0) is 6.54 Å². The number of nitrogens with zero attached hydrogens (tertiary/aromatic N) is 2. The molecule has 3 nitrogen and oxygen atoms in total. The predicted octanol–water partition coefficient (Wildman–Crippen LogP) is 2.17. The standard InChI is InChI=1S/C12H19N3S/c1-4-14-12(13)15(2)9-10-5-7-11(16-3)8-6-10/h5-8H,4,9H2,1-3H3,(H2,13,14). The van der Waals surface area contributed by atoms with Gasteiger partial charge >= 0.3 is 0 Å². The summed E-state index contributed by atoms with van der Waals surface area (Å²) in [5.41, 5.74) is 7.05. The monoisotopic (exact) mass is 237 g/mol. The quantitative estimate of drug-likeness (QED) is 0.496. The summed E-state index contributed by atoms with van der Waals surface area (Å²) in [6.45, 7) is 3.50. The van der Waals surface area contributed by atoms with Crippen molar-refractivity contribution in [3.63, 3.8) is 0 Å². The minimum atomic E-state index is 0.594. The van der Waals surface area contributed by atoms with Gasteiger partial charge in [-0.1, -0.05) is 12.1 Å². The Kier molecular flexibility index (Phi) is 5.19. The van der Waals surface area contributed by atoms with Crippen LogP contribution in [0.3, 0.4) is 0 Å². The summed E-state index contributed by atoms with van der Waals surface area (Å²) >= 11 is 1.75. The van der Waals surface area contributed by atoms with Crippen LogP contribution < -0.4 is 5.73 Å². The lowest BCUT2D eigenvalue weighted by molar-refractivity contribution is 0.492. The van der Waals surface area contributed by atoms with Gasteiger partial charge in [0.15, 0.2) is 5.96 Å². The Morgan fingerprint density at radius 2 is 2.00 bits per heavy atom. The van der Waals surface area contributed by atoms with Crippen molar-refractivity contribution in [2.45, 2.75) is 18.4 Å². The molecule has 0 saturated carbocycles. The second kappa shape index (κ2) is 6.43. The van der Waals surface area contributed by atoms with Crippen LogP contribution in [0, 0.1) is 0 Å². The number of hydrogen-bond acceptors (Lipinski definition) is 2. The van der Waals surface area contributed by atoms with Crippen LogP contribution in [0.4, 0.5) is 0 Å². The summed E-state index contributed by atoms with van der Waals surface area (Å²) in [6.07, 6.45) is 2.08. The topological polar surface area (TPSA) is 41.6 Å². The average Bonchev–Trinajstić information content (AvgIpc) is 2.30. The fourth-order valence-corrected chi connectivity index (χ4v) is 1.78. The SMILES string of the molecule is CCN=C(N)N(C)Cc1ccc(SC)cc1. The molecule has 0 heterocycles. The van der Waals surface area contributed by atoms with Crippen molar-refractivity contribution in [3.05, 3.63) is 29.8 Å². The maximum atomic E-state index is 5.80. The van der Waals surface area contributed by atoms with Crippen LogP contribution in [0.15, 0.2) is 34.2 Å². The highest BCUT2D eigenvalue weighted by Gasteiger charge is 2.02. The molecule has 4 heteroatoms. The van der Waals surface area contributed by atoms with Crippen LogP contribution in [0.1, 0.15) is 12.5 Å². The van der Waals surface area contributed by atoms with Crippen molar-refractivity contribution in [1.29, 1.82) is 0 Å². The fourth-order valence-electron chi connectivity index (χ4n) is 1.37. The second-order valence-corrected chi connectivity index (χ2v) is 4.42. The van der Waals surface area contributed by atoms with Gasteiger partial charge in [0.25, 0.3) is 0 Å². The van der Waals surface area contributed by atoms with E-state index in [9.17, 15) is 0 Å².